The summed E-state index contributed by atoms with van der Waals surface area (Å²) < 4.78 is 6.20. The number of benzene rings is 5. The molecule has 5 aromatic carbocycles. The van der Waals surface area contributed by atoms with Gasteiger partial charge in [0.25, 0.3) is 0 Å². The Morgan fingerprint density at radius 2 is 1.20 bits per heavy atom. The van der Waals surface area contributed by atoms with Crippen LogP contribution in [0, 0.1) is 39.8 Å². The maximum Gasteiger partial charge on any atom is 0.216 e. The SMILES string of the molecule is Cc1c[c-]c(-c2cc(-c3ccccc3)c(C)cn2)cc1-c1ccccc1.Cc1cnc(-c2[c-]ccc3c2oc2nc(Cc4ccccc4)ccc23)cc1C.[Ir]. The van der Waals surface area contributed by atoms with E-state index >= 15 is 0 Å². The first-order valence-corrected chi connectivity index (χ1v) is 18.2. The van der Waals surface area contributed by atoms with Crippen LogP contribution in [0.5, 0.6) is 0 Å². The quantitative estimate of drug-likeness (QED) is 0.156. The van der Waals surface area contributed by atoms with Gasteiger partial charge in [0.15, 0.2) is 0 Å². The number of hydrogen-bond donors (Lipinski definition) is 0. The minimum Gasteiger partial charge on any atom is -0.486 e. The second-order valence-electron chi connectivity index (χ2n) is 13.7. The first-order chi connectivity index (χ1) is 26.4. The number of rotatable bonds is 6. The van der Waals surface area contributed by atoms with Gasteiger partial charge in [-0.3, -0.25) is 0 Å². The second kappa shape index (κ2) is 16.6. The number of aromatic nitrogens is 3. The Kier molecular flexibility index (Phi) is 11.2. The summed E-state index contributed by atoms with van der Waals surface area (Å²) >= 11 is 0. The van der Waals surface area contributed by atoms with Gasteiger partial charge in [0, 0.05) is 50.0 Å². The van der Waals surface area contributed by atoms with E-state index in [9.17, 15) is 0 Å². The topological polar surface area (TPSA) is 51.8 Å². The van der Waals surface area contributed by atoms with Gasteiger partial charge in [-0.25, -0.2) is 4.98 Å². The van der Waals surface area contributed by atoms with Crippen molar-refractivity contribution in [3.05, 3.63) is 198 Å². The maximum absolute atomic E-state index is 6.20. The molecule has 0 aliphatic rings. The standard InChI is InChI=1S/C25H19N2O.C25H20N.Ir/c1-16-13-23(26-15-17(16)2)22-10-6-9-20-21-12-11-19(27-25(21)28-24(20)22)14-18-7-4-3-5-8-18;1-18-13-14-22(15-23(18)20-9-5-3-6-10-20)25-16-24(19(2)17-26-25)21-11-7-4-8-12-21;/h3-9,11-13,15H,14H2,1-2H3;3-13,15-17H,1-2H3;/q2*-1;. The summed E-state index contributed by atoms with van der Waals surface area (Å²) in [5.41, 5.74) is 17.0. The van der Waals surface area contributed by atoms with Crippen LogP contribution in [0.4, 0.5) is 0 Å². The number of pyridine rings is 3. The van der Waals surface area contributed by atoms with Crippen LogP contribution in [0.15, 0.2) is 156 Å². The third-order valence-corrected chi connectivity index (χ3v) is 9.92. The van der Waals surface area contributed by atoms with Crippen LogP contribution in [0.1, 0.15) is 33.5 Å². The van der Waals surface area contributed by atoms with Crippen LogP contribution in [0.3, 0.4) is 0 Å². The maximum atomic E-state index is 6.20. The molecule has 0 saturated carbocycles. The molecule has 0 saturated heterocycles. The summed E-state index contributed by atoms with van der Waals surface area (Å²) in [6, 6.07) is 54.6. The average molecular weight is 890 g/mol. The Bertz CT molecular complexity index is 2640. The average Bonchev–Trinajstić information content (AvgIpc) is 3.59. The molecule has 0 aliphatic heterocycles. The summed E-state index contributed by atoms with van der Waals surface area (Å²) in [7, 11) is 0. The fourth-order valence-electron chi connectivity index (χ4n) is 6.76. The predicted molar refractivity (Wildman–Crippen MR) is 221 cm³/mol. The first-order valence-electron chi connectivity index (χ1n) is 18.2. The predicted octanol–water partition coefficient (Wildman–Crippen LogP) is 12.5. The third-order valence-electron chi connectivity index (χ3n) is 9.92. The molecule has 271 valence electrons. The zero-order valence-corrected chi connectivity index (χ0v) is 33.6. The van der Waals surface area contributed by atoms with E-state index in [4.69, 9.17) is 9.40 Å². The van der Waals surface area contributed by atoms with Crippen LogP contribution >= 0.6 is 0 Å². The van der Waals surface area contributed by atoms with E-state index < -0.39 is 0 Å². The van der Waals surface area contributed by atoms with Gasteiger partial charge in [-0.1, -0.05) is 132 Å². The van der Waals surface area contributed by atoms with Crippen molar-refractivity contribution in [1.29, 1.82) is 0 Å². The molecule has 9 rings (SSSR count). The molecule has 0 amide bonds. The fraction of sp³-hybridized carbons (Fsp3) is 0.100. The Hall–Kier alpha value is -6.00. The van der Waals surface area contributed by atoms with E-state index in [1.54, 1.807) is 0 Å². The Morgan fingerprint density at radius 3 is 1.89 bits per heavy atom. The number of fused-ring (bicyclic) bond motifs is 3. The summed E-state index contributed by atoms with van der Waals surface area (Å²) in [5.74, 6) is 0. The largest absolute Gasteiger partial charge is 0.486 e. The van der Waals surface area contributed by atoms with Crippen molar-refractivity contribution >= 4 is 22.1 Å². The molecule has 0 spiro atoms. The second-order valence-corrected chi connectivity index (χ2v) is 13.7. The zero-order valence-electron chi connectivity index (χ0n) is 31.2. The number of nitrogens with zero attached hydrogens (tertiary/aromatic N) is 3. The van der Waals surface area contributed by atoms with Crippen molar-refractivity contribution in [2.45, 2.75) is 34.1 Å². The Labute approximate surface area is 336 Å². The van der Waals surface area contributed by atoms with Gasteiger partial charge >= 0.3 is 0 Å². The summed E-state index contributed by atoms with van der Waals surface area (Å²) in [5, 5.41) is 2.06. The molecule has 4 nitrogen and oxygen atoms in total. The molecule has 4 heterocycles. The summed E-state index contributed by atoms with van der Waals surface area (Å²) in [4.78, 5) is 14.0. The summed E-state index contributed by atoms with van der Waals surface area (Å²) in [6.45, 7) is 8.39. The van der Waals surface area contributed by atoms with Crippen molar-refractivity contribution in [3.8, 4) is 44.8 Å². The molecule has 4 aromatic heterocycles. The molecular formula is C50H39IrN3O-2. The van der Waals surface area contributed by atoms with E-state index in [-0.39, 0.29) is 20.1 Å². The monoisotopic (exact) mass is 890 g/mol. The van der Waals surface area contributed by atoms with Crippen molar-refractivity contribution in [2.75, 3.05) is 0 Å². The molecule has 0 unspecified atom stereocenters. The number of aryl methyl sites for hydroxylation is 4. The molecule has 55 heavy (non-hydrogen) atoms. The number of hydrogen-bond acceptors (Lipinski definition) is 4. The molecule has 9 aromatic rings. The zero-order chi connectivity index (χ0) is 37.0. The molecule has 1 radical (unpaired) electrons. The molecule has 0 bridgehead atoms. The van der Waals surface area contributed by atoms with Gasteiger partial charge in [-0.05, 0) is 77.7 Å². The molecule has 0 fully saturated rings. The van der Waals surface area contributed by atoms with Crippen LogP contribution in [0.25, 0.3) is 66.8 Å². The van der Waals surface area contributed by atoms with Crippen molar-refractivity contribution in [1.82, 2.24) is 15.0 Å². The van der Waals surface area contributed by atoms with E-state index in [0.29, 0.717) is 5.71 Å². The first kappa shape index (κ1) is 37.3. The molecule has 0 atom stereocenters. The Morgan fingerprint density at radius 1 is 0.564 bits per heavy atom. The van der Waals surface area contributed by atoms with Gasteiger partial charge in [-0.2, -0.15) is 0 Å². The van der Waals surface area contributed by atoms with Crippen LogP contribution in [-0.4, -0.2) is 15.0 Å². The summed E-state index contributed by atoms with van der Waals surface area (Å²) in [6.07, 6.45) is 4.63. The van der Waals surface area contributed by atoms with Gasteiger partial charge in [0.05, 0.1) is 5.58 Å². The smallest absolute Gasteiger partial charge is 0.216 e. The van der Waals surface area contributed by atoms with Crippen molar-refractivity contribution < 1.29 is 24.5 Å². The number of furan rings is 1. The van der Waals surface area contributed by atoms with Crippen LogP contribution in [-0.2, 0) is 26.5 Å². The molecule has 5 heteroatoms. The van der Waals surface area contributed by atoms with Crippen LogP contribution in [0.2, 0.25) is 0 Å². The van der Waals surface area contributed by atoms with E-state index in [2.05, 4.69) is 147 Å². The van der Waals surface area contributed by atoms with E-state index in [1.807, 2.05) is 54.9 Å². The van der Waals surface area contributed by atoms with Crippen molar-refractivity contribution in [3.63, 3.8) is 0 Å². The fourth-order valence-corrected chi connectivity index (χ4v) is 6.76. The third kappa shape index (κ3) is 8.10. The Balaban J connectivity index is 0.000000167. The minimum absolute atomic E-state index is 0. The van der Waals surface area contributed by atoms with E-state index in [0.717, 1.165) is 51.0 Å². The van der Waals surface area contributed by atoms with Gasteiger partial charge in [-0.15, -0.1) is 47.5 Å². The molecular weight excluding hydrogens is 851 g/mol. The van der Waals surface area contributed by atoms with E-state index in [1.165, 1.54) is 50.1 Å². The minimum atomic E-state index is 0. The molecule has 0 aliphatic carbocycles. The van der Waals surface area contributed by atoms with Crippen molar-refractivity contribution in [2.24, 2.45) is 0 Å². The van der Waals surface area contributed by atoms with Gasteiger partial charge in [0.1, 0.15) is 0 Å². The van der Waals surface area contributed by atoms with Crippen LogP contribution < -0.4 is 0 Å². The molecule has 0 N–H and O–H groups in total. The van der Waals surface area contributed by atoms with Gasteiger partial charge in [0.2, 0.25) is 5.71 Å². The van der Waals surface area contributed by atoms with Gasteiger partial charge < -0.3 is 14.4 Å². The normalized spacial score (nSPS) is 10.8.